The Morgan fingerprint density at radius 3 is 2.78 bits per heavy atom. The molecule has 6 nitrogen and oxygen atoms in total. The van der Waals surface area contributed by atoms with Gasteiger partial charge in [0.15, 0.2) is 5.69 Å². The summed E-state index contributed by atoms with van der Waals surface area (Å²) in [5.74, 6) is -0.304. The van der Waals surface area contributed by atoms with Crippen LogP contribution in [0.1, 0.15) is 37.7 Å². The molecule has 0 spiro atoms. The SMILES string of the molecule is CC(O)CC(C)(C)CNC(=O)c1cn(-c2ccccc2Cl)nn1. The molecule has 1 unspecified atom stereocenters. The molecule has 0 aliphatic carbocycles. The van der Waals surface area contributed by atoms with Crippen LogP contribution in [-0.2, 0) is 0 Å². The number of carbonyl (C=O) groups is 1. The van der Waals surface area contributed by atoms with Gasteiger partial charge in [0.25, 0.3) is 5.91 Å². The van der Waals surface area contributed by atoms with Crippen molar-refractivity contribution < 1.29 is 9.90 Å². The van der Waals surface area contributed by atoms with Crippen LogP contribution in [0, 0.1) is 5.41 Å². The van der Waals surface area contributed by atoms with Crippen LogP contribution in [0.3, 0.4) is 0 Å². The van der Waals surface area contributed by atoms with Crippen LogP contribution >= 0.6 is 11.6 Å². The fourth-order valence-electron chi connectivity index (χ4n) is 2.41. The maximum atomic E-state index is 12.2. The summed E-state index contributed by atoms with van der Waals surface area (Å²) in [7, 11) is 0. The molecule has 1 amide bonds. The Morgan fingerprint density at radius 2 is 2.13 bits per heavy atom. The summed E-state index contributed by atoms with van der Waals surface area (Å²) in [5.41, 5.74) is 0.677. The van der Waals surface area contributed by atoms with Crippen LogP contribution in [0.15, 0.2) is 30.5 Å². The van der Waals surface area contributed by atoms with E-state index in [9.17, 15) is 9.90 Å². The number of hydrogen-bond acceptors (Lipinski definition) is 4. The highest BCUT2D eigenvalue weighted by atomic mass is 35.5. The molecule has 1 atom stereocenters. The van der Waals surface area contributed by atoms with Crippen LogP contribution in [0.2, 0.25) is 5.02 Å². The van der Waals surface area contributed by atoms with Crippen molar-refractivity contribution in [3.05, 3.63) is 41.2 Å². The number of para-hydroxylation sites is 1. The van der Waals surface area contributed by atoms with Crippen LogP contribution in [-0.4, -0.2) is 38.7 Å². The van der Waals surface area contributed by atoms with Gasteiger partial charge in [-0.05, 0) is 30.9 Å². The molecule has 124 valence electrons. The smallest absolute Gasteiger partial charge is 0.273 e. The Bertz CT molecular complexity index is 682. The first-order valence-corrected chi connectivity index (χ1v) is 7.80. The second kappa shape index (κ2) is 7.10. The van der Waals surface area contributed by atoms with Crippen molar-refractivity contribution in [2.45, 2.75) is 33.3 Å². The van der Waals surface area contributed by atoms with E-state index in [4.69, 9.17) is 11.6 Å². The highest BCUT2D eigenvalue weighted by Gasteiger charge is 2.22. The van der Waals surface area contributed by atoms with E-state index in [1.165, 1.54) is 10.9 Å². The molecule has 2 aromatic rings. The maximum absolute atomic E-state index is 12.2. The fraction of sp³-hybridized carbons (Fsp3) is 0.438. The normalized spacial score (nSPS) is 12.9. The predicted octanol–water partition coefficient (Wildman–Crippen LogP) is 2.45. The first kappa shape index (κ1) is 17.4. The van der Waals surface area contributed by atoms with Crippen molar-refractivity contribution >= 4 is 17.5 Å². The van der Waals surface area contributed by atoms with E-state index < -0.39 is 6.10 Å². The van der Waals surface area contributed by atoms with E-state index >= 15 is 0 Å². The van der Waals surface area contributed by atoms with Gasteiger partial charge in [-0.2, -0.15) is 0 Å². The summed E-state index contributed by atoms with van der Waals surface area (Å²) in [6.07, 6.45) is 1.72. The third-order valence-corrected chi connectivity index (χ3v) is 3.72. The van der Waals surface area contributed by atoms with Gasteiger partial charge in [0.1, 0.15) is 0 Å². The molecule has 1 aromatic carbocycles. The van der Waals surface area contributed by atoms with E-state index in [0.717, 1.165) is 0 Å². The second-order valence-electron chi connectivity index (χ2n) is 6.40. The molecule has 2 N–H and O–H groups in total. The van der Waals surface area contributed by atoms with Crippen LogP contribution < -0.4 is 5.32 Å². The zero-order valence-corrected chi connectivity index (χ0v) is 14.2. The highest BCUT2D eigenvalue weighted by molar-refractivity contribution is 6.32. The molecule has 23 heavy (non-hydrogen) atoms. The van der Waals surface area contributed by atoms with E-state index in [1.54, 1.807) is 19.1 Å². The van der Waals surface area contributed by atoms with Gasteiger partial charge < -0.3 is 10.4 Å². The number of nitrogens with one attached hydrogen (secondary N) is 1. The number of aromatic nitrogens is 3. The summed E-state index contributed by atoms with van der Waals surface area (Å²) < 4.78 is 1.47. The molecule has 0 saturated carbocycles. The van der Waals surface area contributed by atoms with Gasteiger partial charge in [-0.15, -0.1) is 5.10 Å². The number of rotatable bonds is 6. The minimum Gasteiger partial charge on any atom is -0.393 e. The maximum Gasteiger partial charge on any atom is 0.273 e. The lowest BCUT2D eigenvalue weighted by Crippen LogP contribution is -2.35. The van der Waals surface area contributed by atoms with Crippen molar-refractivity contribution in [1.29, 1.82) is 0 Å². The lowest BCUT2D eigenvalue weighted by atomic mass is 9.87. The highest BCUT2D eigenvalue weighted by Crippen LogP contribution is 2.21. The molecule has 0 aliphatic rings. The minimum atomic E-state index is -0.414. The Kier molecular flexibility index (Phi) is 5.38. The molecule has 0 fully saturated rings. The quantitative estimate of drug-likeness (QED) is 0.849. The largest absolute Gasteiger partial charge is 0.393 e. The lowest BCUT2D eigenvalue weighted by molar-refractivity contribution is 0.0897. The van der Waals surface area contributed by atoms with Crippen molar-refractivity contribution in [1.82, 2.24) is 20.3 Å². The zero-order valence-electron chi connectivity index (χ0n) is 13.5. The molecule has 0 bridgehead atoms. The zero-order chi connectivity index (χ0) is 17.0. The van der Waals surface area contributed by atoms with E-state index in [2.05, 4.69) is 15.6 Å². The molecule has 0 radical (unpaired) electrons. The van der Waals surface area contributed by atoms with E-state index in [-0.39, 0.29) is 17.0 Å². The Balaban J connectivity index is 2.03. The number of nitrogens with zero attached hydrogens (tertiary/aromatic N) is 3. The van der Waals surface area contributed by atoms with Gasteiger partial charge in [-0.25, -0.2) is 4.68 Å². The fourth-order valence-corrected chi connectivity index (χ4v) is 2.63. The molecule has 2 rings (SSSR count). The monoisotopic (exact) mass is 336 g/mol. The third-order valence-electron chi connectivity index (χ3n) is 3.40. The minimum absolute atomic E-state index is 0.206. The molecule has 1 heterocycles. The number of aliphatic hydroxyl groups excluding tert-OH is 1. The van der Waals surface area contributed by atoms with Crippen molar-refractivity contribution in [3.63, 3.8) is 0 Å². The topological polar surface area (TPSA) is 80.0 Å². The average Bonchev–Trinajstić information content (AvgIpc) is 2.93. The molecular formula is C16H21ClN4O2. The van der Waals surface area contributed by atoms with Crippen molar-refractivity contribution in [2.24, 2.45) is 5.41 Å². The predicted molar refractivity (Wildman–Crippen MR) is 88.8 cm³/mol. The summed E-state index contributed by atoms with van der Waals surface area (Å²) in [4.78, 5) is 12.2. The summed E-state index contributed by atoms with van der Waals surface area (Å²) in [5, 5.41) is 20.7. The Labute approximate surface area is 140 Å². The molecule has 7 heteroatoms. The number of halogens is 1. The van der Waals surface area contributed by atoms with Gasteiger partial charge in [0, 0.05) is 6.54 Å². The first-order chi connectivity index (χ1) is 10.8. The van der Waals surface area contributed by atoms with Gasteiger partial charge in [-0.3, -0.25) is 4.79 Å². The van der Waals surface area contributed by atoms with Crippen molar-refractivity contribution in [2.75, 3.05) is 6.54 Å². The van der Waals surface area contributed by atoms with Crippen molar-refractivity contribution in [3.8, 4) is 5.69 Å². The van der Waals surface area contributed by atoms with Crippen LogP contribution in [0.25, 0.3) is 5.69 Å². The average molecular weight is 337 g/mol. The Morgan fingerprint density at radius 1 is 1.43 bits per heavy atom. The number of aliphatic hydroxyl groups is 1. The third kappa shape index (κ3) is 4.77. The second-order valence-corrected chi connectivity index (χ2v) is 6.81. The molecule has 1 aromatic heterocycles. The standard InChI is InChI=1S/C16H21ClN4O2/c1-11(22)8-16(2,3)10-18-15(23)13-9-21(20-19-13)14-7-5-4-6-12(14)17/h4-7,9,11,22H,8,10H2,1-3H3,(H,18,23). The lowest BCUT2D eigenvalue weighted by Gasteiger charge is -2.26. The van der Waals surface area contributed by atoms with Gasteiger partial charge >= 0.3 is 0 Å². The molecule has 0 saturated heterocycles. The Hall–Kier alpha value is -1.92. The van der Waals surface area contributed by atoms with Gasteiger partial charge in [0.05, 0.1) is 23.0 Å². The number of amides is 1. The van der Waals surface area contributed by atoms with E-state index in [0.29, 0.717) is 23.7 Å². The summed E-state index contributed by atoms with van der Waals surface area (Å²) in [6, 6.07) is 7.20. The molecule has 0 aliphatic heterocycles. The van der Waals surface area contributed by atoms with Crippen LogP contribution in [0.5, 0.6) is 0 Å². The van der Waals surface area contributed by atoms with Gasteiger partial charge in [0.2, 0.25) is 0 Å². The summed E-state index contributed by atoms with van der Waals surface area (Å²) >= 11 is 6.10. The number of carbonyl (C=O) groups excluding carboxylic acids is 1. The molecular weight excluding hydrogens is 316 g/mol. The van der Waals surface area contributed by atoms with Crippen LogP contribution in [0.4, 0.5) is 0 Å². The summed E-state index contributed by atoms with van der Waals surface area (Å²) in [6.45, 7) is 6.15. The van der Waals surface area contributed by atoms with Gasteiger partial charge in [-0.1, -0.05) is 42.8 Å². The van der Waals surface area contributed by atoms with E-state index in [1.807, 2.05) is 26.0 Å². The number of hydrogen-bond donors (Lipinski definition) is 2. The number of benzene rings is 1. The first-order valence-electron chi connectivity index (χ1n) is 7.42.